The summed E-state index contributed by atoms with van der Waals surface area (Å²) < 4.78 is 26.3. The Balaban J connectivity index is 2.27. The molecule has 1 aromatic heterocycles. The smallest absolute Gasteiger partial charge is 0.340 e. The lowest BCUT2D eigenvalue weighted by Gasteiger charge is -2.06. The van der Waals surface area contributed by atoms with Crippen molar-refractivity contribution in [1.82, 2.24) is 14.9 Å². The molecule has 1 aliphatic carbocycles. The number of hydrogen-bond acceptors (Lipinski definition) is 4. The molecule has 94 valence electrons. The lowest BCUT2D eigenvalue weighted by molar-refractivity contribution is 0.0692. The van der Waals surface area contributed by atoms with Gasteiger partial charge in [-0.05, 0) is 11.8 Å². The lowest BCUT2D eigenvalue weighted by atomic mass is 10.2. The summed E-state index contributed by atoms with van der Waals surface area (Å²) in [6.07, 6.45) is 1.72. The van der Waals surface area contributed by atoms with E-state index in [0.717, 1.165) is 12.6 Å². The molecule has 1 unspecified atom stereocenters. The third-order valence-corrected chi connectivity index (χ3v) is 4.36. The average Bonchev–Trinajstić information content (AvgIpc) is 2.68. The summed E-state index contributed by atoms with van der Waals surface area (Å²) in [5, 5.41) is 14.1. The minimum atomic E-state index is -3.85. The van der Waals surface area contributed by atoms with E-state index in [1.807, 2.05) is 13.8 Å². The number of aromatic amines is 1. The van der Waals surface area contributed by atoms with Gasteiger partial charge in [0.1, 0.15) is 5.56 Å². The molecule has 0 aromatic carbocycles. The summed E-state index contributed by atoms with van der Waals surface area (Å²) in [5.74, 6) is -1.32. The Morgan fingerprint density at radius 2 is 2.24 bits per heavy atom. The van der Waals surface area contributed by atoms with Gasteiger partial charge in [0.05, 0.1) is 6.20 Å². The van der Waals surface area contributed by atoms with E-state index in [-0.39, 0.29) is 17.0 Å². The molecule has 1 atom stereocenters. The highest BCUT2D eigenvalue weighted by atomic mass is 32.2. The third kappa shape index (κ3) is 2.18. The number of hydrogen-bond donors (Lipinski definition) is 3. The van der Waals surface area contributed by atoms with Gasteiger partial charge < -0.3 is 5.11 Å². The third-order valence-electron chi connectivity index (χ3n) is 2.91. The van der Waals surface area contributed by atoms with E-state index in [1.54, 1.807) is 0 Å². The molecule has 3 N–H and O–H groups in total. The first-order valence-corrected chi connectivity index (χ1v) is 6.51. The van der Waals surface area contributed by atoms with Crippen LogP contribution in [-0.2, 0) is 10.0 Å². The van der Waals surface area contributed by atoms with E-state index in [9.17, 15) is 13.2 Å². The molecule has 8 heteroatoms. The van der Waals surface area contributed by atoms with Crippen molar-refractivity contribution in [3.05, 3.63) is 11.8 Å². The monoisotopic (exact) mass is 259 g/mol. The Labute approximate surface area is 98.3 Å². The van der Waals surface area contributed by atoms with E-state index in [4.69, 9.17) is 5.11 Å². The first-order chi connectivity index (χ1) is 7.74. The molecule has 7 nitrogen and oxygen atoms in total. The standard InChI is InChI=1S/C9H13N3O4S/c1-9(2)3-6(9)12-17(15,16)7-5(8(13)14)4-10-11-7/h4,6,12H,3H2,1-2H3,(H,10,11)(H,13,14). The Morgan fingerprint density at radius 1 is 1.65 bits per heavy atom. The number of rotatable bonds is 4. The molecule has 1 heterocycles. The summed E-state index contributed by atoms with van der Waals surface area (Å²) >= 11 is 0. The molecule has 0 spiro atoms. The molecule has 0 saturated heterocycles. The molecule has 0 bridgehead atoms. The first kappa shape index (κ1) is 12.1. The van der Waals surface area contributed by atoms with Gasteiger partial charge in [0.25, 0.3) is 10.0 Å². The van der Waals surface area contributed by atoms with Gasteiger partial charge in [-0.15, -0.1) is 0 Å². The summed E-state index contributed by atoms with van der Waals surface area (Å²) in [7, 11) is -3.85. The molecule has 0 radical (unpaired) electrons. The molecule has 1 fully saturated rings. The SMILES string of the molecule is CC1(C)CC1NS(=O)(=O)c1[nH]ncc1C(=O)O. The minimum absolute atomic E-state index is 0.0729. The van der Waals surface area contributed by atoms with Crippen molar-refractivity contribution in [2.45, 2.75) is 31.3 Å². The van der Waals surface area contributed by atoms with Gasteiger partial charge >= 0.3 is 5.97 Å². The van der Waals surface area contributed by atoms with Gasteiger partial charge in [0, 0.05) is 6.04 Å². The van der Waals surface area contributed by atoms with Crippen LogP contribution in [0, 0.1) is 5.41 Å². The summed E-state index contributed by atoms with van der Waals surface area (Å²) in [5.41, 5.74) is -0.424. The maximum Gasteiger partial charge on any atom is 0.340 e. The largest absolute Gasteiger partial charge is 0.478 e. The second kappa shape index (κ2) is 3.54. The number of aromatic nitrogens is 2. The van der Waals surface area contributed by atoms with Gasteiger partial charge in [0.2, 0.25) is 0 Å². The Bertz CT molecular complexity index is 561. The number of aromatic carboxylic acids is 1. The zero-order chi connectivity index (χ0) is 12.8. The minimum Gasteiger partial charge on any atom is -0.478 e. The molecule has 1 aliphatic rings. The second-order valence-electron chi connectivity index (χ2n) is 4.78. The summed E-state index contributed by atoms with van der Waals surface area (Å²) in [6, 6.07) is -0.155. The molecule has 1 aromatic rings. The molecular formula is C9H13N3O4S. The van der Waals surface area contributed by atoms with Crippen molar-refractivity contribution in [3.8, 4) is 0 Å². The number of carboxylic acid groups (broad SMARTS) is 1. The van der Waals surface area contributed by atoms with E-state index in [0.29, 0.717) is 0 Å². The number of H-pyrrole nitrogens is 1. The van der Waals surface area contributed by atoms with Gasteiger partial charge in [-0.1, -0.05) is 13.8 Å². The molecule has 1 saturated carbocycles. The van der Waals surface area contributed by atoms with E-state index < -0.39 is 21.0 Å². The van der Waals surface area contributed by atoms with Crippen LogP contribution in [0.5, 0.6) is 0 Å². The van der Waals surface area contributed by atoms with Crippen molar-refractivity contribution >= 4 is 16.0 Å². The van der Waals surface area contributed by atoms with Gasteiger partial charge in [0.15, 0.2) is 5.03 Å². The number of carboxylic acids is 1. The second-order valence-corrected chi connectivity index (χ2v) is 6.44. The van der Waals surface area contributed by atoms with Crippen LogP contribution in [0.4, 0.5) is 0 Å². The maximum absolute atomic E-state index is 11.9. The molecule has 0 amide bonds. The van der Waals surface area contributed by atoms with Crippen LogP contribution >= 0.6 is 0 Å². The van der Waals surface area contributed by atoms with Crippen LogP contribution < -0.4 is 4.72 Å². The number of sulfonamides is 1. The Hall–Kier alpha value is -1.41. The van der Waals surface area contributed by atoms with Crippen molar-refractivity contribution < 1.29 is 18.3 Å². The van der Waals surface area contributed by atoms with E-state index >= 15 is 0 Å². The maximum atomic E-state index is 11.9. The summed E-state index contributed by atoms with van der Waals surface area (Å²) in [6.45, 7) is 3.87. The fourth-order valence-electron chi connectivity index (χ4n) is 1.55. The zero-order valence-corrected chi connectivity index (χ0v) is 10.2. The van der Waals surface area contributed by atoms with Crippen LogP contribution in [-0.4, -0.2) is 35.7 Å². The zero-order valence-electron chi connectivity index (χ0n) is 9.39. The van der Waals surface area contributed by atoms with E-state index in [2.05, 4.69) is 14.9 Å². The molecular weight excluding hydrogens is 246 g/mol. The molecule has 0 aliphatic heterocycles. The number of nitrogens with one attached hydrogen (secondary N) is 2. The van der Waals surface area contributed by atoms with Crippen LogP contribution in [0.25, 0.3) is 0 Å². The van der Waals surface area contributed by atoms with Crippen LogP contribution in [0.3, 0.4) is 0 Å². The van der Waals surface area contributed by atoms with Crippen LogP contribution in [0.1, 0.15) is 30.6 Å². The van der Waals surface area contributed by atoms with Crippen molar-refractivity contribution in [2.75, 3.05) is 0 Å². The summed E-state index contributed by atoms with van der Waals surface area (Å²) in [4.78, 5) is 10.8. The number of carbonyl (C=O) groups is 1. The van der Waals surface area contributed by atoms with Gasteiger partial charge in [-0.3, -0.25) is 5.10 Å². The predicted molar refractivity (Wildman–Crippen MR) is 58.1 cm³/mol. The normalized spacial score (nSPS) is 22.4. The fourth-order valence-corrected chi connectivity index (χ4v) is 3.04. The number of nitrogens with zero attached hydrogens (tertiary/aromatic N) is 1. The Kier molecular flexibility index (Phi) is 2.51. The highest BCUT2D eigenvalue weighted by Gasteiger charge is 2.48. The van der Waals surface area contributed by atoms with Gasteiger partial charge in [-0.2, -0.15) is 5.10 Å². The quantitative estimate of drug-likeness (QED) is 0.714. The fraction of sp³-hybridized carbons (Fsp3) is 0.556. The van der Waals surface area contributed by atoms with Crippen LogP contribution in [0.2, 0.25) is 0 Å². The molecule has 2 rings (SSSR count). The van der Waals surface area contributed by atoms with Crippen molar-refractivity contribution in [1.29, 1.82) is 0 Å². The highest BCUT2D eigenvalue weighted by molar-refractivity contribution is 7.89. The van der Waals surface area contributed by atoms with Crippen molar-refractivity contribution in [3.63, 3.8) is 0 Å². The predicted octanol–water partition coefficient (Wildman–Crippen LogP) is 0.185. The topological polar surface area (TPSA) is 112 Å². The first-order valence-electron chi connectivity index (χ1n) is 5.03. The lowest BCUT2D eigenvalue weighted by Crippen LogP contribution is -2.30. The Morgan fingerprint density at radius 3 is 2.71 bits per heavy atom. The average molecular weight is 259 g/mol. The van der Waals surface area contributed by atoms with Crippen LogP contribution in [0.15, 0.2) is 11.2 Å². The van der Waals surface area contributed by atoms with E-state index in [1.165, 1.54) is 0 Å². The molecule has 17 heavy (non-hydrogen) atoms. The van der Waals surface area contributed by atoms with Crippen molar-refractivity contribution in [2.24, 2.45) is 5.41 Å². The highest BCUT2D eigenvalue weighted by Crippen LogP contribution is 2.45. The van der Waals surface area contributed by atoms with Gasteiger partial charge in [-0.25, -0.2) is 17.9 Å².